The Morgan fingerprint density at radius 2 is 1.94 bits per heavy atom. The highest BCUT2D eigenvalue weighted by Crippen LogP contribution is 2.45. The van der Waals surface area contributed by atoms with E-state index in [2.05, 4.69) is 23.5 Å². The van der Waals surface area contributed by atoms with E-state index < -0.39 is 6.04 Å². The SMILES string of the molecule is CC[C@@H](C)NC(=O)CC1=CSC2=NC(C)=C(C(=O)OC(C)C)[C@H](c3cc(C)ccc3C)N12. The van der Waals surface area contributed by atoms with Crippen molar-refractivity contribution < 1.29 is 14.3 Å². The van der Waals surface area contributed by atoms with E-state index in [1.807, 2.05) is 58.8 Å². The molecular weight excluding hydrogens is 422 g/mol. The second-order valence-corrected chi connectivity index (χ2v) is 9.60. The number of nitrogens with zero attached hydrogens (tertiary/aromatic N) is 2. The molecule has 1 N–H and O–H groups in total. The van der Waals surface area contributed by atoms with E-state index in [-0.39, 0.29) is 30.4 Å². The van der Waals surface area contributed by atoms with Crippen LogP contribution in [0.25, 0.3) is 0 Å². The van der Waals surface area contributed by atoms with Crippen LogP contribution in [0.5, 0.6) is 0 Å². The number of amides is 1. The Kier molecular flexibility index (Phi) is 7.49. The van der Waals surface area contributed by atoms with Crippen LogP contribution in [0.3, 0.4) is 0 Å². The predicted octanol–water partition coefficient (Wildman–Crippen LogP) is 5.13. The van der Waals surface area contributed by atoms with Crippen LogP contribution in [0.1, 0.15) is 70.2 Å². The lowest BCUT2D eigenvalue weighted by Crippen LogP contribution is -2.39. The summed E-state index contributed by atoms with van der Waals surface area (Å²) >= 11 is 1.49. The van der Waals surface area contributed by atoms with Gasteiger partial charge in [0, 0.05) is 11.7 Å². The number of nitrogens with one attached hydrogen (secondary N) is 1. The third kappa shape index (κ3) is 5.09. The number of amidine groups is 1. The van der Waals surface area contributed by atoms with Crippen LogP contribution in [-0.4, -0.2) is 34.1 Å². The van der Waals surface area contributed by atoms with Gasteiger partial charge in [0.25, 0.3) is 0 Å². The summed E-state index contributed by atoms with van der Waals surface area (Å²) < 4.78 is 5.62. The maximum absolute atomic E-state index is 13.2. The van der Waals surface area contributed by atoms with Crippen LogP contribution in [0, 0.1) is 13.8 Å². The topological polar surface area (TPSA) is 71.0 Å². The number of thioether (sulfide) groups is 1. The van der Waals surface area contributed by atoms with Crippen LogP contribution >= 0.6 is 11.8 Å². The average Bonchev–Trinajstić information content (AvgIpc) is 3.09. The minimum absolute atomic E-state index is 0.0373. The van der Waals surface area contributed by atoms with E-state index in [9.17, 15) is 9.59 Å². The molecule has 3 rings (SSSR count). The van der Waals surface area contributed by atoms with Crippen molar-refractivity contribution in [2.24, 2.45) is 4.99 Å². The van der Waals surface area contributed by atoms with Crippen molar-refractivity contribution in [2.75, 3.05) is 0 Å². The summed E-state index contributed by atoms with van der Waals surface area (Å²) in [5.41, 5.74) is 5.21. The smallest absolute Gasteiger partial charge is 0.338 e. The summed E-state index contributed by atoms with van der Waals surface area (Å²) in [6, 6.07) is 5.96. The molecule has 0 fully saturated rings. The maximum atomic E-state index is 13.2. The standard InChI is InChI=1S/C25H33N3O3S/c1-8-17(6)26-21(29)12-19-13-32-25-27-18(7)22(24(30)31-14(2)3)23(28(19)25)20-11-15(4)9-10-16(20)5/h9-11,13-14,17,23H,8,12H2,1-7H3,(H,26,29)/t17-,23+/m1/s1. The van der Waals surface area contributed by atoms with Gasteiger partial charge in [-0.2, -0.15) is 0 Å². The van der Waals surface area contributed by atoms with Crippen molar-refractivity contribution in [1.82, 2.24) is 10.2 Å². The lowest BCUT2D eigenvalue weighted by molar-refractivity contribution is -0.143. The molecule has 0 unspecified atom stereocenters. The van der Waals surface area contributed by atoms with Gasteiger partial charge in [0.15, 0.2) is 5.17 Å². The molecule has 2 aliphatic rings. The van der Waals surface area contributed by atoms with Crippen LogP contribution in [0.2, 0.25) is 0 Å². The average molecular weight is 456 g/mol. The van der Waals surface area contributed by atoms with Crippen molar-refractivity contribution in [3.63, 3.8) is 0 Å². The number of carbonyl (C=O) groups is 2. The minimum Gasteiger partial charge on any atom is -0.459 e. The van der Waals surface area contributed by atoms with E-state index >= 15 is 0 Å². The highest BCUT2D eigenvalue weighted by atomic mass is 32.2. The Morgan fingerprint density at radius 1 is 1.22 bits per heavy atom. The number of carbonyl (C=O) groups excluding carboxylic acids is 2. The Morgan fingerprint density at radius 3 is 2.59 bits per heavy atom. The first kappa shape index (κ1) is 24.1. The molecule has 172 valence electrons. The number of fused-ring (bicyclic) bond motifs is 1. The summed E-state index contributed by atoms with van der Waals surface area (Å²) in [5.74, 6) is -0.406. The minimum atomic E-state index is -0.397. The van der Waals surface area contributed by atoms with Crippen LogP contribution in [-0.2, 0) is 14.3 Å². The van der Waals surface area contributed by atoms with Gasteiger partial charge >= 0.3 is 5.97 Å². The fraction of sp³-hybridized carbons (Fsp3) is 0.480. The second kappa shape index (κ2) is 9.94. The summed E-state index contributed by atoms with van der Waals surface area (Å²) in [6.45, 7) is 13.7. The lowest BCUT2D eigenvalue weighted by atomic mass is 9.90. The first-order valence-electron chi connectivity index (χ1n) is 11.1. The first-order chi connectivity index (χ1) is 15.1. The molecule has 0 bridgehead atoms. The fourth-order valence-electron chi connectivity index (χ4n) is 3.85. The van der Waals surface area contributed by atoms with Gasteiger partial charge in [-0.05, 0) is 64.5 Å². The Hall–Kier alpha value is -2.54. The van der Waals surface area contributed by atoms with Gasteiger partial charge in [0.1, 0.15) is 0 Å². The van der Waals surface area contributed by atoms with E-state index in [0.717, 1.165) is 34.0 Å². The number of allylic oxidation sites excluding steroid dienone is 1. The van der Waals surface area contributed by atoms with Gasteiger partial charge in [-0.25, -0.2) is 9.79 Å². The number of ether oxygens (including phenoxy) is 1. The first-order valence-corrected chi connectivity index (χ1v) is 12.0. The van der Waals surface area contributed by atoms with E-state index in [1.165, 1.54) is 11.8 Å². The number of aryl methyl sites for hydroxylation is 2. The second-order valence-electron chi connectivity index (χ2n) is 8.76. The van der Waals surface area contributed by atoms with E-state index in [4.69, 9.17) is 9.73 Å². The van der Waals surface area contributed by atoms with Gasteiger partial charge in [-0.15, -0.1) is 0 Å². The number of rotatable bonds is 7. The summed E-state index contributed by atoms with van der Waals surface area (Å²) in [4.78, 5) is 32.7. The van der Waals surface area contributed by atoms with Gasteiger partial charge < -0.3 is 15.0 Å². The van der Waals surface area contributed by atoms with Gasteiger partial charge in [-0.3, -0.25) is 4.79 Å². The summed E-state index contributed by atoms with van der Waals surface area (Å²) in [5, 5.41) is 5.78. The summed E-state index contributed by atoms with van der Waals surface area (Å²) in [6.07, 6.45) is 0.856. The quantitative estimate of drug-likeness (QED) is 0.577. The van der Waals surface area contributed by atoms with Crippen molar-refractivity contribution in [3.8, 4) is 0 Å². The highest BCUT2D eigenvalue weighted by Gasteiger charge is 2.41. The lowest BCUT2D eigenvalue weighted by Gasteiger charge is -2.37. The van der Waals surface area contributed by atoms with Crippen molar-refractivity contribution in [2.45, 2.75) is 79.5 Å². The third-order valence-corrected chi connectivity index (χ3v) is 6.54. The molecule has 0 aliphatic carbocycles. The highest BCUT2D eigenvalue weighted by molar-refractivity contribution is 8.16. The molecule has 0 saturated heterocycles. The van der Waals surface area contributed by atoms with Gasteiger partial charge in [-0.1, -0.05) is 42.4 Å². The number of hydrogen-bond acceptors (Lipinski definition) is 6. The van der Waals surface area contributed by atoms with Crippen LogP contribution in [0.4, 0.5) is 0 Å². The van der Waals surface area contributed by atoms with Crippen molar-refractivity contribution >= 4 is 28.8 Å². The molecule has 0 aromatic heterocycles. The molecule has 2 atom stereocenters. The molecule has 0 spiro atoms. The molecule has 6 nitrogen and oxygen atoms in total. The zero-order valence-corrected chi connectivity index (χ0v) is 20.8. The van der Waals surface area contributed by atoms with Crippen molar-refractivity contribution in [1.29, 1.82) is 0 Å². The number of aliphatic imine (C=N–C) groups is 1. The Bertz CT molecular complexity index is 1010. The Labute approximate surface area is 195 Å². The normalized spacial score (nSPS) is 18.9. The van der Waals surface area contributed by atoms with Gasteiger partial charge in [0.05, 0.1) is 29.8 Å². The molecule has 1 aromatic carbocycles. The molecule has 0 radical (unpaired) electrons. The van der Waals surface area contributed by atoms with E-state index in [0.29, 0.717) is 11.3 Å². The fourth-order valence-corrected chi connectivity index (χ4v) is 4.81. The summed E-state index contributed by atoms with van der Waals surface area (Å²) in [7, 11) is 0. The number of esters is 1. The molecule has 7 heteroatoms. The molecule has 2 heterocycles. The maximum Gasteiger partial charge on any atom is 0.338 e. The Balaban J connectivity index is 2.06. The molecule has 0 saturated carbocycles. The molecule has 1 amide bonds. The van der Waals surface area contributed by atoms with Crippen LogP contribution < -0.4 is 5.32 Å². The third-order valence-electron chi connectivity index (χ3n) is 5.65. The molecule has 32 heavy (non-hydrogen) atoms. The van der Waals surface area contributed by atoms with Gasteiger partial charge in [0.2, 0.25) is 5.91 Å². The predicted molar refractivity (Wildman–Crippen MR) is 130 cm³/mol. The number of hydrogen-bond donors (Lipinski definition) is 1. The molecule has 1 aromatic rings. The molecule has 2 aliphatic heterocycles. The molecular formula is C25H33N3O3S. The van der Waals surface area contributed by atoms with Crippen LogP contribution in [0.15, 0.2) is 45.6 Å². The largest absolute Gasteiger partial charge is 0.459 e. The zero-order valence-electron chi connectivity index (χ0n) is 20.0. The monoisotopic (exact) mass is 455 g/mol. The van der Waals surface area contributed by atoms with E-state index in [1.54, 1.807) is 0 Å². The van der Waals surface area contributed by atoms with Crippen molar-refractivity contribution in [3.05, 3.63) is 57.3 Å². The number of benzene rings is 1. The zero-order chi connectivity index (χ0) is 23.6.